The Balaban J connectivity index is 1.49. The molecule has 0 bridgehead atoms. The predicted octanol–water partition coefficient (Wildman–Crippen LogP) is 4.38. The Bertz CT molecular complexity index is 1050. The second kappa shape index (κ2) is 8.14. The Labute approximate surface area is 169 Å². The second-order valence-electron chi connectivity index (χ2n) is 7.01. The summed E-state index contributed by atoms with van der Waals surface area (Å²) in [5.74, 6) is -0.206. The highest BCUT2D eigenvalue weighted by Crippen LogP contribution is 2.28. The van der Waals surface area contributed by atoms with Crippen molar-refractivity contribution in [2.45, 2.75) is 19.8 Å². The summed E-state index contributed by atoms with van der Waals surface area (Å²) >= 11 is 0. The van der Waals surface area contributed by atoms with Crippen LogP contribution in [-0.4, -0.2) is 23.3 Å². The molecule has 0 unspecified atom stereocenters. The van der Waals surface area contributed by atoms with Gasteiger partial charge in [-0.3, -0.25) is 9.59 Å². The minimum atomic E-state index is -0.119. The van der Waals surface area contributed by atoms with Crippen LogP contribution in [0, 0.1) is 0 Å². The van der Waals surface area contributed by atoms with Gasteiger partial charge in [0, 0.05) is 30.5 Å². The van der Waals surface area contributed by atoms with E-state index in [1.165, 1.54) is 12.5 Å². The first-order valence-electron chi connectivity index (χ1n) is 9.61. The third-order valence-electron chi connectivity index (χ3n) is 4.81. The minimum absolute atomic E-state index is 0.0867. The molecule has 0 spiro atoms. The van der Waals surface area contributed by atoms with Crippen LogP contribution in [0.15, 0.2) is 66.9 Å². The van der Waals surface area contributed by atoms with Gasteiger partial charge in [-0.15, -0.1) is 0 Å². The molecule has 0 fully saturated rings. The van der Waals surface area contributed by atoms with Gasteiger partial charge in [0.05, 0.1) is 11.9 Å². The highest BCUT2D eigenvalue weighted by Gasteiger charge is 2.23. The number of amides is 2. The average Bonchev–Trinajstić information content (AvgIpc) is 2.73. The lowest BCUT2D eigenvalue weighted by molar-refractivity contribution is -0.114. The molecule has 6 nitrogen and oxygen atoms in total. The van der Waals surface area contributed by atoms with Gasteiger partial charge >= 0.3 is 0 Å². The Kier molecular flexibility index (Phi) is 5.24. The number of hydrogen-bond donors (Lipinski definition) is 2. The molecule has 4 rings (SSSR count). The number of carbonyl (C=O) groups is 2. The lowest BCUT2D eigenvalue weighted by Crippen LogP contribution is -2.35. The molecule has 2 heterocycles. The first-order chi connectivity index (χ1) is 14.1. The van der Waals surface area contributed by atoms with E-state index in [9.17, 15) is 9.59 Å². The Morgan fingerprint density at radius 2 is 1.79 bits per heavy atom. The first kappa shape index (κ1) is 18.7. The van der Waals surface area contributed by atoms with Gasteiger partial charge < -0.3 is 15.5 Å². The fraction of sp³-hybridized carbons (Fsp3) is 0.174. The fourth-order valence-electron chi connectivity index (χ4n) is 3.52. The zero-order chi connectivity index (χ0) is 20.2. The molecule has 0 aliphatic carbocycles. The van der Waals surface area contributed by atoms with E-state index in [4.69, 9.17) is 0 Å². The molecule has 0 saturated heterocycles. The normalized spacial score (nSPS) is 12.8. The molecule has 2 N–H and O–H groups in total. The van der Waals surface area contributed by atoms with Crippen molar-refractivity contribution in [2.24, 2.45) is 0 Å². The van der Waals surface area contributed by atoms with E-state index in [1.54, 1.807) is 12.3 Å². The number of aryl methyl sites for hydroxylation is 1. The van der Waals surface area contributed by atoms with Crippen LogP contribution >= 0.6 is 0 Å². The van der Waals surface area contributed by atoms with Crippen LogP contribution in [0.25, 0.3) is 0 Å². The third kappa shape index (κ3) is 4.27. The molecule has 6 heteroatoms. The molecule has 2 aromatic carbocycles. The number of benzene rings is 2. The van der Waals surface area contributed by atoms with Gasteiger partial charge in [-0.25, -0.2) is 4.98 Å². The Morgan fingerprint density at radius 1 is 0.966 bits per heavy atom. The molecule has 1 aliphatic heterocycles. The molecule has 1 aliphatic rings. The predicted molar refractivity (Wildman–Crippen MR) is 115 cm³/mol. The van der Waals surface area contributed by atoms with Gasteiger partial charge in [0.15, 0.2) is 0 Å². The zero-order valence-corrected chi connectivity index (χ0v) is 16.2. The molecule has 29 heavy (non-hydrogen) atoms. The quantitative estimate of drug-likeness (QED) is 0.698. The molecular weight excluding hydrogens is 364 g/mol. The second-order valence-corrected chi connectivity index (χ2v) is 7.01. The molecular formula is C23H22N4O2. The van der Waals surface area contributed by atoms with Gasteiger partial charge in [-0.05, 0) is 54.8 Å². The van der Waals surface area contributed by atoms with Gasteiger partial charge in [-0.2, -0.15) is 0 Å². The lowest BCUT2D eigenvalue weighted by Gasteiger charge is -2.29. The number of carbonyl (C=O) groups excluding carboxylic acids is 2. The summed E-state index contributed by atoms with van der Waals surface area (Å²) in [4.78, 5) is 30.4. The van der Waals surface area contributed by atoms with E-state index < -0.39 is 0 Å². The number of nitrogens with one attached hydrogen (secondary N) is 2. The standard InChI is InChI=1S/C23H22N4O2/c1-16(28)25-18-8-4-9-19(14-18)26-20-11-12-21(24-15-20)23(29)27-13-5-7-17-6-2-3-10-22(17)27/h2-4,6,8-12,14-15,26H,5,7,13H2,1H3,(H,25,28). The largest absolute Gasteiger partial charge is 0.354 e. The minimum Gasteiger partial charge on any atom is -0.354 e. The van der Waals surface area contributed by atoms with E-state index in [1.807, 2.05) is 53.4 Å². The molecule has 0 atom stereocenters. The zero-order valence-electron chi connectivity index (χ0n) is 16.2. The SMILES string of the molecule is CC(=O)Nc1cccc(Nc2ccc(C(=O)N3CCCc4ccccc43)nc2)c1. The van der Waals surface area contributed by atoms with Gasteiger partial charge in [0.1, 0.15) is 5.69 Å². The van der Waals surface area contributed by atoms with Crippen molar-refractivity contribution in [2.75, 3.05) is 22.1 Å². The summed E-state index contributed by atoms with van der Waals surface area (Å²) < 4.78 is 0. The maximum atomic E-state index is 13.0. The highest BCUT2D eigenvalue weighted by atomic mass is 16.2. The van der Waals surface area contributed by atoms with Gasteiger partial charge in [-0.1, -0.05) is 24.3 Å². The highest BCUT2D eigenvalue weighted by molar-refractivity contribution is 6.05. The lowest BCUT2D eigenvalue weighted by atomic mass is 10.0. The van der Waals surface area contributed by atoms with Crippen molar-refractivity contribution in [1.82, 2.24) is 4.98 Å². The number of para-hydroxylation sites is 1. The van der Waals surface area contributed by atoms with Crippen molar-refractivity contribution >= 4 is 34.6 Å². The molecule has 146 valence electrons. The van der Waals surface area contributed by atoms with Crippen LogP contribution in [0.1, 0.15) is 29.4 Å². The summed E-state index contributed by atoms with van der Waals surface area (Å²) in [6.45, 7) is 2.17. The maximum absolute atomic E-state index is 13.0. The van der Waals surface area contributed by atoms with Crippen LogP contribution in [0.2, 0.25) is 0 Å². The number of anilines is 4. The number of fused-ring (bicyclic) bond motifs is 1. The van der Waals surface area contributed by atoms with E-state index in [-0.39, 0.29) is 11.8 Å². The third-order valence-corrected chi connectivity index (χ3v) is 4.81. The van der Waals surface area contributed by atoms with Crippen LogP contribution in [-0.2, 0) is 11.2 Å². The summed E-state index contributed by atoms with van der Waals surface area (Å²) in [7, 11) is 0. The van der Waals surface area contributed by atoms with E-state index in [0.717, 1.165) is 29.9 Å². The number of nitrogens with zero attached hydrogens (tertiary/aromatic N) is 2. The summed E-state index contributed by atoms with van der Waals surface area (Å²) in [6, 6.07) is 19.0. The molecule has 1 aromatic heterocycles. The summed E-state index contributed by atoms with van der Waals surface area (Å²) in [5, 5.41) is 5.99. The smallest absolute Gasteiger partial charge is 0.276 e. The number of hydrogen-bond acceptors (Lipinski definition) is 4. The van der Waals surface area contributed by atoms with Crippen LogP contribution in [0.5, 0.6) is 0 Å². The van der Waals surface area contributed by atoms with E-state index in [2.05, 4.69) is 21.7 Å². The monoisotopic (exact) mass is 386 g/mol. The number of pyridine rings is 1. The van der Waals surface area contributed by atoms with Crippen molar-refractivity contribution in [3.8, 4) is 0 Å². The van der Waals surface area contributed by atoms with Crippen LogP contribution in [0.4, 0.5) is 22.7 Å². The molecule has 3 aromatic rings. The van der Waals surface area contributed by atoms with E-state index >= 15 is 0 Å². The molecule has 0 radical (unpaired) electrons. The Morgan fingerprint density at radius 3 is 2.59 bits per heavy atom. The Hall–Kier alpha value is -3.67. The van der Waals surface area contributed by atoms with Crippen molar-refractivity contribution < 1.29 is 9.59 Å². The van der Waals surface area contributed by atoms with Gasteiger partial charge in [0.2, 0.25) is 5.91 Å². The van der Waals surface area contributed by atoms with Gasteiger partial charge in [0.25, 0.3) is 5.91 Å². The first-order valence-corrected chi connectivity index (χ1v) is 9.61. The fourth-order valence-corrected chi connectivity index (χ4v) is 3.52. The summed E-state index contributed by atoms with van der Waals surface area (Å²) in [5.41, 5.74) is 4.89. The van der Waals surface area contributed by atoms with Crippen molar-refractivity contribution in [3.05, 3.63) is 78.1 Å². The number of aromatic nitrogens is 1. The van der Waals surface area contributed by atoms with Crippen molar-refractivity contribution in [3.63, 3.8) is 0 Å². The maximum Gasteiger partial charge on any atom is 0.276 e. The van der Waals surface area contributed by atoms with Crippen LogP contribution in [0.3, 0.4) is 0 Å². The average molecular weight is 386 g/mol. The van der Waals surface area contributed by atoms with Crippen molar-refractivity contribution in [1.29, 1.82) is 0 Å². The molecule has 2 amide bonds. The summed E-state index contributed by atoms with van der Waals surface area (Å²) in [6.07, 6.45) is 3.59. The topological polar surface area (TPSA) is 74.3 Å². The molecule has 0 saturated carbocycles. The van der Waals surface area contributed by atoms with Crippen LogP contribution < -0.4 is 15.5 Å². The van der Waals surface area contributed by atoms with E-state index in [0.29, 0.717) is 17.9 Å². The number of rotatable bonds is 4.